The van der Waals surface area contributed by atoms with Gasteiger partial charge in [-0.05, 0) is 32.5 Å². The first-order chi connectivity index (χ1) is 9.52. The zero-order valence-corrected chi connectivity index (χ0v) is 12.2. The molecule has 20 heavy (non-hydrogen) atoms. The number of hydrogen-bond donors (Lipinski definition) is 1. The van der Waals surface area contributed by atoms with Crippen LogP contribution in [0.2, 0.25) is 0 Å². The number of carbonyl (C=O) groups excluding carboxylic acids is 1. The lowest BCUT2D eigenvalue weighted by atomic mass is 10.1. The molecule has 0 saturated carbocycles. The Morgan fingerprint density at radius 1 is 1.65 bits per heavy atom. The Morgan fingerprint density at radius 3 is 3.00 bits per heavy atom. The van der Waals surface area contributed by atoms with Crippen molar-refractivity contribution in [2.24, 2.45) is 0 Å². The molecule has 1 fully saturated rings. The fraction of sp³-hybridized carbons (Fsp3) is 0.571. The molecule has 1 aliphatic heterocycles. The van der Waals surface area contributed by atoms with E-state index in [9.17, 15) is 9.18 Å². The van der Waals surface area contributed by atoms with Crippen LogP contribution in [0.25, 0.3) is 0 Å². The summed E-state index contributed by atoms with van der Waals surface area (Å²) in [5.74, 6) is -0.302. The molecule has 1 aromatic heterocycles. The molecule has 1 aromatic rings. The van der Waals surface area contributed by atoms with Gasteiger partial charge >= 0.3 is 0 Å². The molecule has 1 aliphatic rings. The molecule has 2 heterocycles. The van der Waals surface area contributed by atoms with E-state index in [1.54, 1.807) is 19.0 Å². The maximum atomic E-state index is 13.3. The molecule has 1 saturated heterocycles. The zero-order chi connectivity index (χ0) is 14.7. The van der Waals surface area contributed by atoms with E-state index in [-0.39, 0.29) is 11.5 Å². The van der Waals surface area contributed by atoms with Crippen LogP contribution in [0.5, 0.6) is 0 Å². The van der Waals surface area contributed by atoms with Crippen LogP contribution < -0.4 is 5.32 Å². The van der Waals surface area contributed by atoms with Crippen LogP contribution in [0.3, 0.4) is 0 Å². The van der Waals surface area contributed by atoms with E-state index in [2.05, 4.69) is 22.2 Å². The zero-order valence-electron chi connectivity index (χ0n) is 12.2. The van der Waals surface area contributed by atoms with Crippen molar-refractivity contribution >= 4 is 11.7 Å². The number of carbonyl (C=O) groups is 1. The molecule has 1 atom stereocenters. The van der Waals surface area contributed by atoms with Gasteiger partial charge in [0.15, 0.2) is 0 Å². The first-order valence-electron chi connectivity index (χ1n) is 6.82. The van der Waals surface area contributed by atoms with Gasteiger partial charge in [-0.3, -0.25) is 4.79 Å². The third-order valence-electron chi connectivity index (χ3n) is 3.82. The van der Waals surface area contributed by atoms with Crippen LogP contribution in [0.1, 0.15) is 23.2 Å². The number of halogens is 1. The molecule has 0 aromatic carbocycles. The fourth-order valence-corrected chi connectivity index (χ4v) is 2.62. The van der Waals surface area contributed by atoms with E-state index in [0.717, 1.165) is 25.6 Å². The summed E-state index contributed by atoms with van der Waals surface area (Å²) in [6.07, 6.45) is 3.36. The summed E-state index contributed by atoms with van der Waals surface area (Å²) in [5.41, 5.74) is 0.274. The van der Waals surface area contributed by atoms with E-state index in [1.165, 1.54) is 6.07 Å². The lowest BCUT2D eigenvalue weighted by Crippen LogP contribution is -2.39. The average molecular weight is 280 g/mol. The predicted molar refractivity (Wildman–Crippen MR) is 76.4 cm³/mol. The topological polar surface area (TPSA) is 48.5 Å². The van der Waals surface area contributed by atoms with Gasteiger partial charge < -0.3 is 15.1 Å². The summed E-state index contributed by atoms with van der Waals surface area (Å²) in [4.78, 5) is 20.2. The van der Waals surface area contributed by atoms with Crippen LogP contribution in [0.15, 0.2) is 12.3 Å². The van der Waals surface area contributed by atoms with Crippen LogP contribution in [-0.2, 0) is 0 Å². The van der Waals surface area contributed by atoms with Gasteiger partial charge in [0.05, 0.1) is 11.8 Å². The quantitative estimate of drug-likeness (QED) is 0.906. The monoisotopic (exact) mass is 280 g/mol. The second kappa shape index (κ2) is 6.17. The number of likely N-dealkylation sites (N-methyl/N-ethyl adjacent to an activating group) is 2. The van der Waals surface area contributed by atoms with Crippen molar-refractivity contribution in [2.45, 2.75) is 18.9 Å². The van der Waals surface area contributed by atoms with Gasteiger partial charge in [-0.25, -0.2) is 9.37 Å². The Morgan fingerprint density at radius 2 is 2.40 bits per heavy atom. The highest BCUT2D eigenvalue weighted by Crippen LogP contribution is 2.19. The Hall–Kier alpha value is -1.69. The maximum absolute atomic E-state index is 13.3. The van der Waals surface area contributed by atoms with E-state index in [4.69, 9.17) is 0 Å². The van der Waals surface area contributed by atoms with Gasteiger partial charge in [-0.1, -0.05) is 0 Å². The SMILES string of the molecule is CNc1ncc(F)cc1C(=O)N(C)CC1CCCN1C. The van der Waals surface area contributed by atoms with Crippen molar-refractivity contribution in [3.63, 3.8) is 0 Å². The summed E-state index contributed by atoms with van der Waals surface area (Å²) in [6, 6.07) is 1.61. The molecule has 1 amide bonds. The number of aromatic nitrogens is 1. The van der Waals surface area contributed by atoms with E-state index < -0.39 is 5.82 Å². The summed E-state index contributed by atoms with van der Waals surface area (Å²) in [6.45, 7) is 1.71. The third kappa shape index (κ3) is 3.07. The highest BCUT2D eigenvalue weighted by molar-refractivity contribution is 5.98. The molecule has 110 valence electrons. The fourth-order valence-electron chi connectivity index (χ4n) is 2.62. The minimum Gasteiger partial charge on any atom is -0.372 e. The number of nitrogens with one attached hydrogen (secondary N) is 1. The summed E-state index contributed by atoms with van der Waals surface area (Å²) >= 11 is 0. The number of hydrogen-bond acceptors (Lipinski definition) is 4. The average Bonchev–Trinajstić information content (AvgIpc) is 2.83. The van der Waals surface area contributed by atoms with Crippen molar-refractivity contribution < 1.29 is 9.18 Å². The third-order valence-corrected chi connectivity index (χ3v) is 3.82. The maximum Gasteiger partial charge on any atom is 0.257 e. The van der Waals surface area contributed by atoms with Crippen molar-refractivity contribution in [1.82, 2.24) is 14.8 Å². The normalized spacial score (nSPS) is 19.1. The summed E-state index contributed by atoms with van der Waals surface area (Å²) in [7, 11) is 5.49. The molecular formula is C14H21FN4O. The van der Waals surface area contributed by atoms with Crippen LogP contribution >= 0.6 is 0 Å². The summed E-state index contributed by atoms with van der Waals surface area (Å²) < 4.78 is 13.3. The van der Waals surface area contributed by atoms with Gasteiger partial charge in [0, 0.05) is 26.7 Å². The minimum absolute atomic E-state index is 0.207. The number of amides is 1. The Labute approximate surface area is 118 Å². The molecule has 0 aliphatic carbocycles. The first-order valence-corrected chi connectivity index (χ1v) is 6.82. The molecule has 6 heteroatoms. The smallest absolute Gasteiger partial charge is 0.257 e. The number of rotatable bonds is 4. The van der Waals surface area contributed by atoms with Crippen molar-refractivity contribution in [3.8, 4) is 0 Å². The molecule has 1 N–H and O–H groups in total. The van der Waals surface area contributed by atoms with E-state index in [0.29, 0.717) is 18.4 Å². The number of pyridine rings is 1. The van der Waals surface area contributed by atoms with Crippen LogP contribution in [0, 0.1) is 5.82 Å². The van der Waals surface area contributed by atoms with Crippen LogP contribution in [-0.4, -0.2) is 61.0 Å². The van der Waals surface area contributed by atoms with Crippen molar-refractivity contribution in [1.29, 1.82) is 0 Å². The molecule has 5 nitrogen and oxygen atoms in total. The largest absolute Gasteiger partial charge is 0.372 e. The molecule has 1 unspecified atom stereocenters. The van der Waals surface area contributed by atoms with Crippen molar-refractivity contribution in [2.75, 3.05) is 39.5 Å². The first kappa shape index (κ1) is 14.7. The lowest BCUT2D eigenvalue weighted by Gasteiger charge is -2.26. The second-order valence-corrected chi connectivity index (χ2v) is 5.26. The van der Waals surface area contributed by atoms with Crippen LogP contribution in [0.4, 0.5) is 10.2 Å². The number of anilines is 1. The summed E-state index contributed by atoms with van der Waals surface area (Å²) in [5, 5.41) is 2.83. The van der Waals surface area contributed by atoms with Gasteiger partial charge in [0.2, 0.25) is 0 Å². The van der Waals surface area contributed by atoms with Gasteiger partial charge in [0.1, 0.15) is 11.6 Å². The highest BCUT2D eigenvalue weighted by Gasteiger charge is 2.25. The van der Waals surface area contributed by atoms with E-state index >= 15 is 0 Å². The molecule has 0 radical (unpaired) electrons. The Balaban J connectivity index is 2.12. The molecule has 2 rings (SSSR count). The Kier molecular flexibility index (Phi) is 4.54. The second-order valence-electron chi connectivity index (χ2n) is 5.26. The molecule has 0 spiro atoms. The number of likely N-dealkylation sites (tertiary alicyclic amines) is 1. The Bertz CT molecular complexity index is 494. The molecular weight excluding hydrogens is 259 g/mol. The lowest BCUT2D eigenvalue weighted by molar-refractivity contribution is 0.0761. The standard InChI is InChI=1S/C14H21FN4O/c1-16-13-12(7-10(15)8-17-13)14(20)19(3)9-11-5-4-6-18(11)2/h7-8,11H,4-6,9H2,1-3H3,(H,16,17). The van der Waals surface area contributed by atoms with Gasteiger partial charge in [-0.15, -0.1) is 0 Å². The minimum atomic E-state index is -0.501. The van der Waals surface area contributed by atoms with Gasteiger partial charge in [0.25, 0.3) is 5.91 Å². The number of nitrogens with zero attached hydrogens (tertiary/aromatic N) is 3. The molecule has 0 bridgehead atoms. The van der Waals surface area contributed by atoms with Crippen molar-refractivity contribution in [3.05, 3.63) is 23.6 Å². The van der Waals surface area contributed by atoms with Gasteiger partial charge in [-0.2, -0.15) is 0 Å². The highest BCUT2D eigenvalue weighted by atomic mass is 19.1. The van der Waals surface area contributed by atoms with E-state index in [1.807, 2.05) is 0 Å². The predicted octanol–water partition coefficient (Wildman–Crippen LogP) is 1.43.